The minimum absolute atomic E-state index is 0.269. The van der Waals surface area contributed by atoms with Crippen LogP contribution in [0.15, 0.2) is 0 Å². The maximum atomic E-state index is 11.3. The van der Waals surface area contributed by atoms with Gasteiger partial charge in [-0.15, -0.1) is 0 Å². The molecule has 1 N–H and O–H groups in total. The van der Waals surface area contributed by atoms with Crippen LogP contribution in [0.1, 0.15) is 47.0 Å². The van der Waals surface area contributed by atoms with Gasteiger partial charge in [0.05, 0.1) is 5.75 Å². The molecule has 0 amide bonds. The van der Waals surface area contributed by atoms with Gasteiger partial charge in [0.25, 0.3) is 0 Å². The summed E-state index contributed by atoms with van der Waals surface area (Å²) >= 11 is 0. The molecule has 0 bridgehead atoms. The van der Waals surface area contributed by atoms with E-state index in [0.717, 1.165) is 25.8 Å². The Morgan fingerprint density at radius 2 is 1.81 bits per heavy atom. The molecule has 0 heterocycles. The van der Waals surface area contributed by atoms with Crippen molar-refractivity contribution in [2.75, 3.05) is 18.1 Å². The first-order valence-electron chi connectivity index (χ1n) is 6.36. The summed E-state index contributed by atoms with van der Waals surface area (Å²) in [6.45, 7) is 9.27. The summed E-state index contributed by atoms with van der Waals surface area (Å²) < 4.78 is 22.6. The van der Waals surface area contributed by atoms with Crippen molar-refractivity contribution in [2.24, 2.45) is 5.92 Å². The molecule has 0 saturated heterocycles. The summed E-state index contributed by atoms with van der Waals surface area (Å²) in [5, 5.41) is 3.44. The van der Waals surface area contributed by atoms with Crippen LogP contribution in [0.3, 0.4) is 0 Å². The van der Waals surface area contributed by atoms with E-state index in [0.29, 0.717) is 17.7 Å². The van der Waals surface area contributed by atoms with Crippen LogP contribution in [0.5, 0.6) is 0 Å². The number of hydrogen-bond donors (Lipinski definition) is 1. The lowest BCUT2D eigenvalue weighted by molar-refractivity contribution is 0.377. The zero-order valence-electron chi connectivity index (χ0n) is 11.1. The molecule has 0 aliphatic rings. The molecule has 0 aliphatic carbocycles. The molecule has 2 unspecified atom stereocenters. The van der Waals surface area contributed by atoms with Gasteiger partial charge in [-0.3, -0.25) is 0 Å². The van der Waals surface area contributed by atoms with Crippen LogP contribution in [0.2, 0.25) is 0 Å². The fourth-order valence-corrected chi connectivity index (χ4v) is 2.49. The summed E-state index contributed by atoms with van der Waals surface area (Å²) in [5.74, 6) is 1.15. The fraction of sp³-hybridized carbons (Fsp3) is 1.00. The van der Waals surface area contributed by atoms with Crippen LogP contribution in [-0.4, -0.2) is 32.5 Å². The standard InChI is InChI=1S/C12H27NO2S/c1-5-9-13-12(4)11(3)8-7-10-16(14,15)6-2/h11-13H,5-10H2,1-4H3. The Hall–Kier alpha value is -0.0900. The van der Waals surface area contributed by atoms with Crippen molar-refractivity contribution in [3.05, 3.63) is 0 Å². The second kappa shape index (κ2) is 8.07. The van der Waals surface area contributed by atoms with Crippen LogP contribution in [-0.2, 0) is 9.84 Å². The fourth-order valence-electron chi connectivity index (χ4n) is 1.59. The van der Waals surface area contributed by atoms with E-state index in [1.54, 1.807) is 6.92 Å². The van der Waals surface area contributed by atoms with Crippen LogP contribution in [0.25, 0.3) is 0 Å². The Bertz CT molecular complexity index is 262. The minimum atomic E-state index is -2.78. The van der Waals surface area contributed by atoms with E-state index < -0.39 is 9.84 Å². The van der Waals surface area contributed by atoms with Crippen molar-refractivity contribution < 1.29 is 8.42 Å². The average Bonchev–Trinajstić information content (AvgIpc) is 2.25. The highest BCUT2D eigenvalue weighted by atomic mass is 32.2. The van der Waals surface area contributed by atoms with Gasteiger partial charge in [-0.05, 0) is 38.6 Å². The van der Waals surface area contributed by atoms with E-state index in [4.69, 9.17) is 0 Å². The number of rotatable bonds is 9. The van der Waals surface area contributed by atoms with E-state index in [2.05, 4.69) is 26.1 Å². The summed E-state index contributed by atoms with van der Waals surface area (Å²) in [7, 11) is -2.78. The molecule has 0 radical (unpaired) electrons. The third-order valence-corrected chi connectivity index (χ3v) is 4.91. The van der Waals surface area contributed by atoms with Crippen LogP contribution in [0.4, 0.5) is 0 Å². The first kappa shape index (κ1) is 15.9. The Morgan fingerprint density at radius 3 is 2.31 bits per heavy atom. The molecule has 0 spiro atoms. The van der Waals surface area contributed by atoms with Crippen LogP contribution >= 0.6 is 0 Å². The topological polar surface area (TPSA) is 46.2 Å². The van der Waals surface area contributed by atoms with E-state index in [-0.39, 0.29) is 5.75 Å². The molecule has 3 nitrogen and oxygen atoms in total. The zero-order valence-corrected chi connectivity index (χ0v) is 11.9. The lowest BCUT2D eigenvalue weighted by Gasteiger charge is -2.21. The molecule has 0 aromatic heterocycles. The largest absolute Gasteiger partial charge is 0.314 e. The van der Waals surface area contributed by atoms with Gasteiger partial charge in [0.15, 0.2) is 0 Å². The van der Waals surface area contributed by atoms with Gasteiger partial charge in [0, 0.05) is 11.8 Å². The Kier molecular flexibility index (Phi) is 8.02. The average molecular weight is 249 g/mol. The maximum absolute atomic E-state index is 11.3. The molecule has 4 heteroatoms. The molecule has 0 rings (SSSR count). The first-order valence-corrected chi connectivity index (χ1v) is 8.18. The third-order valence-electron chi connectivity index (χ3n) is 3.12. The van der Waals surface area contributed by atoms with Gasteiger partial charge < -0.3 is 5.32 Å². The van der Waals surface area contributed by atoms with Gasteiger partial charge in [0.1, 0.15) is 9.84 Å². The predicted molar refractivity (Wildman–Crippen MR) is 70.5 cm³/mol. The lowest BCUT2D eigenvalue weighted by atomic mass is 9.98. The molecular formula is C12H27NO2S. The molecule has 0 saturated carbocycles. The monoisotopic (exact) mass is 249 g/mol. The Balaban J connectivity index is 3.76. The van der Waals surface area contributed by atoms with Crippen molar-refractivity contribution in [1.29, 1.82) is 0 Å². The van der Waals surface area contributed by atoms with Gasteiger partial charge in [-0.1, -0.05) is 20.8 Å². The van der Waals surface area contributed by atoms with Crippen molar-refractivity contribution in [3.8, 4) is 0 Å². The molecule has 0 fully saturated rings. The maximum Gasteiger partial charge on any atom is 0.150 e. The molecule has 98 valence electrons. The molecule has 2 atom stereocenters. The number of nitrogens with one attached hydrogen (secondary N) is 1. The number of hydrogen-bond acceptors (Lipinski definition) is 3. The summed E-state index contributed by atoms with van der Waals surface area (Å²) in [6, 6.07) is 0.476. The van der Waals surface area contributed by atoms with Crippen LogP contribution < -0.4 is 5.32 Å². The third kappa shape index (κ3) is 7.23. The van der Waals surface area contributed by atoms with Gasteiger partial charge >= 0.3 is 0 Å². The highest BCUT2D eigenvalue weighted by Crippen LogP contribution is 2.11. The summed E-state index contributed by atoms with van der Waals surface area (Å²) in [5.41, 5.74) is 0. The van der Waals surface area contributed by atoms with Crippen molar-refractivity contribution in [1.82, 2.24) is 5.32 Å². The van der Waals surface area contributed by atoms with E-state index in [1.807, 2.05) is 0 Å². The summed E-state index contributed by atoms with van der Waals surface area (Å²) in [4.78, 5) is 0. The summed E-state index contributed by atoms with van der Waals surface area (Å²) in [6.07, 6.45) is 2.91. The van der Waals surface area contributed by atoms with Crippen molar-refractivity contribution in [2.45, 2.75) is 53.0 Å². The van der Waals surface area contributed by atoms with Gasteiger partial charge in [-0.2, -0.15) is 0 Å². The molecule has 0 aliphatic heterocycles. The van der Waals surface area contributed by atoms with E-state index >= 15 is 0 Å². The van der Waals surface area contributed by atoms with Crippen LogP contribution in [0, 0.1) is 5.92 Å². The Morgan fingerprint density at radius 1 is 1.19 bits per heavy atom. The molecular weight excluding hydrogens is 222 g/mol. The van der Waals surface area contributed by atoms with E-state index in [1.165, 1.54) is 0 Å². The smallest absolute Gasteiger partial charge is 0.150 e. The molecule has 0 aromatic carbocycles. The SMILES string of the molecule is CCCNC(C)C(C)CCCS(=O)(=O)CC. The van der Waals surface area contributed by atoms with E-state index in [9.17, 15) is 8.42 Å². The second-order valence-corrected chi connectivity index (χ2v) is 7.07. The predicted octanol–water partition coefficient (Wildman–Crippen LogP) is 2.23. The van der Waals surface area contributed by atoms with Crippen molar-refractivity contribution >= 4 is 9.84 Å². The number of sulfone groups is 1. The lowest BCUT2D eigenvalue weighted by Crippen LogP contribution is -2.32. The second-order valence-electron chi connectivity index (χ2n) is 4.60. The quantitative estimate of drug-likeness (QED) is 0.681. The minimum Gasteiger partial charge on any atom is -0.314 e. The normalized spacial score (nSPS) is 16.0. The highest BCUT2D eigenvalue weighted by molar-refractivity contribution is 7.91. The molecule has 0 aromatic rings. The first-order chi connectivity index (χ1) is 7.43. The highest BCUT2D eigenvalue weighted by Gasteiger charge is 2.13. The zero-order chi connectivity index (χ0) is 12.6. The molecule has 16 heavy (non-hydrogen) atoms. The van der Waals surface area contributed by atoms with Crippen molar-refractivity contribution in [3.63, 3.8) is 0 Å². The van der Waals surface area contributed by atoms with Gasteiger partial charge in [0.2, 0.25) is 0 Å². The Labute approximate surface area is 101 Å². The van der Waals surface area contributed by atoms with Gasteiger partial charge in [-0.25, -0.2) is 8.42 Å².